The summed E-state index contributed by atoms with van der Waals surface area (Å²) >= 11 is 0. The predicted octanol–water partition coefficient (Wildman–Crippen LogP) is 4.28. The van der Waals surface area contributed by atoms with Crippen LogP contribution < -0.4 is 10.3 Å². The Hall–Kier alpha value is -2.72. The van der Waals surface area contributed by atoms with Crippen molar-refractivity contribution in [3.05, 3.63) is 83.6 Å². The number of hydrogen-bond acceptors (Lipinski definition) is 2. The van der Waals surface area contributed by atoms with Crippen LogP contribution in [0.25, 0.3) is 0 Å². The van der Waals surface area contributed by atoms with Gasteiger partial charge in [-0.1, -0.05) is 75.0 Å². The first-order valence-electron chi connectivity index (χ1n) is 12.0. The number of rotatable bonds is 12. The van der Waals surface area contributed by atoms with Crippen LogP contribution in [-0.4, -0.2) is 36.4 Å². The minimum absolute atomic E-state index is 0.00740. The molecule has 1 amide bonds. The van der Waals surface area contributed by atoms with Gasteiger partial charge in [-0.3, -0.25) is 4.79 Å². The molecule has 4 heteroatoms. The summed E-state index contributed by atoms with van der Waals surface area (Å²) in [5.74, 6) is -0.138. The van der Waals surface area contributed by atoms with Crippen LogP contribution >= 0.6 is 0 Å². The Bertz CT molecular complexity index is 877. The lowest BCUT2D eigenvalue weighted by atomic mass is 9.72. The van der Waals surface area contributed by atoms with Gasteiger partial charge in [0.25, 0.3) is 0 Å². The molecule has 0 aromatic heterocycles. The van der Waals surface area contributed by atoms with Crippen molar-refractivity contribution in [1.29, 1.82) is 0 Å². The van der Waals surface area contributed by atoms with Gasteiger partial charge in [0, 0.05) is 24.8 Å². The molecule has 0 spiro atoms. The van der Waals surface area contributed by atoms with Crippen molar-refractivity contribution < 1.29 is 14.9 Å². The second-order valence-electron chi connectivity index (χ2n) is 9.11. The van der Waals surface area contributed by atoms with E-state index in [9.17, 15) is 4.79 Å². The minimum atomic E-state index is -0.138. The number of carbonyl (C=O) groups is 1. The highest BCUT2D eigenvalue weighted by Crippen LogP contribution is 2.40. The lowest BCUT2D eigenvalue weighted by molar-refractivity contribution is -0.458. The Balaban J connectivity index is 2.94. The number of hydrogen-bond donors (Lipinski definition) is 3. The van der Waals surface area contributed by atoms with E-state index in [1.807, 2.05) is 25.2 Å². The lowest BCUT2D eigenvalue weighted by Crippen LogP contribution is -2.73. The quantitative estimate of drug-likeness (QED) is 0.236. The van der Waals surface area contributed by atoms with Crippen molar-refractivity contribution in [2.24, 2.45) is 5.41 Å². The molecule has 4 nitrogen and oxygen atoms in total. The van der Waals surface area contributed by atoms with Crippen LogP contribution in [0.15, 0.2) is 83.6 Å². The standard InChI is InChI=1S/C29H42N2O2/c1-7-19-31-28(33)17-15-26(30-20-21-32)22-25(8-2)13-9-11-23(3)14-16-27-24(4)12-10-18-29(27,5)6/h8-9,11,13-17,22,32H,2,7,10,12,18-21H2,1,3-6H3,(H,31,33)/p+1/b13-9+,16-14+,17-15+,23-11+,25-22+,30-26?. The van der Waals surface area contributed by atoms with E-state index in [1.54, 1.807) is 12.2 Å². The molecule has 1 rings (SSSR count). The van der Waals surface area contributed by atoms with E-state index in [4.69, 9.17) is 5.11 Å². The van der Waals surface area contributed by atoms with Gasteiger partial charge in [0.05, 0.1) is 0 Å². The fraction of sp³-hybridized carbons (Fsp3) is 0.448. The Labute approximate surface area is 201 Å². The van der Waals surface area contributed by atoms with E-state index < -0.39 is 0 Å². The third kappa shape index (κ3) is 11.1. The normalized spacial score (nSPS) is 18.1. The first-order valence-corrected chi connectivity index (χ1v) is 12.0. The number of carbonyl (C=O) groups excluding carboxylic acids is 1. The third-order valence-electron chi connectivity index (χ3n) is 5.67. The fourth-order valence-electron chi connectivity index (χ4n) is 3.78. The molecule has 0 aliphatic heterocycles. The predicted molar refractivity (Wildman–Crippen MR) is 141 cm³/mol. The second-order valence-corrected chi connectivity index (χ2v) is 9.11. The van der Waals surface area contributed by atoms with Gasteiger partial charge in [-0.2, -0.15) is 0 Å². The number of aliphatic hydroxyl groups excluding tert-OH is 1. The van der Waals surface area contributed by atoms with E-state index in [0.29, 0.717) is 13.1 Å². The number of aliphatic hydroxyl groups is 1. The summed E-state index contributed by atoms with van der Waals surface area (Å²) in [4.78, 5) is 15.0. The molecule has 1 aliphatic rings. The molecule has 0 radical (unpaired) electrons. The minimum Gasteiger partial charge on any atom is -0.390 e. The maximum absolute atomic E-state index is 11.9. The zero-order chi connectivity index (χ0) is 24.7. The van der Waals surface area contributed by atoms with Crippen LogP contribution in [0.3, 0.4) is 0 Å². The van der Waals surface area contributed by atoms with Gasteiger partial charge in [0.15, 0.2) is 12.3 Å². The molecule has 33 heavy (non-hydrogen) atoms. The Morgan fingerprint density at radius 1 is 1.24 bits per heavy atom. The van der Waals surface area contributed by atoms with Crippen molar-refractivity contribution in [3.63, 3.8) is 0 Å². The van der Waals surface area contributed by atoms with Crippen molar-refractivity contribution in [2.45, 2.75) is 60.3 Å². The maximum atomic E-state index is 11.9. The van der Waals surface area contributed by atoms with E-state index in [0.717, 1.165) is 17.7 Å². The molecular formula is C29H43N2O2+. The molecule has 0 fully saturated rings. The lowest BCUT2D eigenvalue weighted by Gasteiger charge is -2.32. The fourth-order valence-corrected chi connectivity index (χ4v) is 3.78. The highest BCUT2D eigenvalue weighted by molar-refractivity contribution is 6.04. The largest absolute Gasteiger partial charge is 0.390 e. The van der Waals surface area contributed by atoms with Gasteiger partial charge in [0.2, 0.25) is 5.91 Å². The topological polar surface area (TPSA) is 63.3 Å². The zero-order valence-corrected chi connectivity index (χ0v) is 21.2. The monoisotopic (exact) mass is 451 g/mol. The van der Waals surface area contributed by atoms with Gasteiger partial charge < -0.3 is 10.4 Å². The summed E-state index contributed by atoms with van der Waals surface area (Å²) in [5.41, 5.74) is 6.00. The summed E-state index contributed by atoms with van der Waals surface area (Å²) in [6, 6.07) is 0. The molecule has 0 saturated heterocycles. The summed E-state index contributed by atoms with van der Waals surface area (Å²) in [7, 11) is 0. The molecule has 3 N–H and O–H groups in total. The average molecular weight is 452 g/mol. The van der Waals surface area contributed by atoms with Crippen molar-refractivity contribution in [1.82, 2.24) is 5.32 Å². The maximum Gasteiger partial charge on any atom is 0.244 e. The highest BCUT2D eigenvalue weighted by atomic mass is 16.3. The van der Waals surface area contributed by atoms with Crippen LogP contribution in [0.1, 0.15) is 60.3 Å². The molecular weight excluding hydrogens is 408 g/mol. The van der Waals surface area contributed by atoms with Crippen LogP contribution in [0.4, 0.5) is 0 Å². The summed E-state index contributed by atoms with van der Waals surface area (Å²) in [6.45, 7) is 16.0. The highest BCUT2D eigenvalue weighted by Gasteiger charge is 2.26. The average Bonchev–Trinajstić information content (AvgIpc) is 2.77. The summed E-state index contributed by atoms with van der Waals surface area (Å²) < 4.78 is 0. The molecule has 0 aromatic rings. The van der Waals surface area contributed by atoms with Gasteiger partial charge >= 0.3 is 0 Å². The van der Waals surface area contributed by atoms with Crippen molar-refractivity contribution in [3.8, 4) is 0 Å². The van der Waals surface area contributed by atoms with Gasteiger partial charge in [0.1, 0.15) is 6.61 Å². The molecule has 0 atom stereocenters. The zero-order valence-electron chi connectivity index (χ0n) is 21.2. The first kappa shape index (κ1) is 28.3. The van der Waals surface area contributed by atoms with E-state index in [1.165, 1.54) is 42.1 Å². The number of amides is 1. The molecule has 0 unspecified atom stereocenters. The Morgan fingerprint density at radius 2 is 2.00 bits per heavy atom. The van der Waals surface area contributed by atoms with Gasteiger partial charge in [-0.05, 0) is 56.1 Å². The Kier molecular flexibility index (Phi) is 13.0. The molecule has 0 heterocycles. The van der Waals surface area contributed by atoms with Gasteiger partial charge in [-0.15, -0.1) is 0 Å². The van der Waals surface area contributed by atoms with Crippen molar-refractivity contribution in [2.75, 3.05) is 19.7 Å². The molecule has 1 aliphatic carbocycles. The molecule has 0 saturated carbocycles. The van der Waals surface area contributed by atoms with Crippen LogP contribution in [0, 0.1) is 5.41 Å². The van der Waals surface area contributed by atoms with Crippen LogP contribution in [0.5, 0.6) is 0 Å². The SMILES string of the molecule is C=CC(/C=C/C=C(C)/C=C/C1=C(C)CCCC1(C)C)=C\C(/C=C/C(=O)NCCC)=[NH+]CCO. The second kappa shape index (κ2) is 15.2. The summed E-state index contributed by atoms with van der Waals surface area (Å²) in [5, 5.41) is 12.0. The third-order valence-corrected chi connectivity index (χ3v) is 5.67. The molecule has 0 bridgehead atoms. The van der Waals surface area contributed by atoms with E-state index in [2.05, 4.69) is 62.8 Å². The van der Waals surface area contributed by atoms with Crippen molar-refractivity contribution >= 4 is 11.6 Å². The Morgan fingerprint density at radius 3 is 2.64 bits per heavy atom. The van der Waals surface area contributed by atoms with Crippen LogP contribution in [0.2, 0.25) is 0 Å². The van der Waals surface area contributed by atoms with E-state index in [-0.39, 0.29) is 17.9 Å². The number of nitrogens with one attached hydrogen (secondary N) is 2. The molecule has 180 valence electrons. The number of allylic oxidation sites excluding steroid dienone is 12. The summed E-state index contributed by atoms with van der Waals surface area (Å²) in [6.07, 6.45) is 22.0. The first-order chi connectivity index (χ1) is 15.7. The van der Waals surface area contributed by atoms with Crippen LogP contribution in [-0.2, 0) is 4.79 Å². The van der Waals surface area contributed by atoms with E-state index >= 15 is 0 Å². The molecule has 0 aromatic carbocycles. The van der Waals surface area contributed by atoms with Gasteiger partial charge in [-0.25, -0.2) is 4.99 Å². The smallest absolute Gasteiger partial charge is 0.244 e.